The Balaban J connectivity index is 2.41. The van der Waals surface area contributed by atoms with E-state index in [2.05, 4.69) is 4.72 Å². The molecule has 0 aromatic heterocycles. The molecule has 108 valence electrons. The van der Waals surface area contributed by atoms with Gasteiger partial charge in [-0.3, -0.25) is 4.72 Å². The van der Waals surface area contributed by atoms with Crippen LogP contribution in [0.15, 0.2) is 41.3 Å². The van der Waals surface area contributed by atoms with Crippen molar-refractivity contribution in [1.29, 1.82) is 5.26 Å². The molecule has 21 heavy (non-hydrogen) atoms. The van der Waals surface area contributed by atoms with E-state index >= 15 is 0 Å². The van der Waals surface area contributed by atoms with Gasteiger partial charge in [0, 0.05) is 5.02 Å². The summed E-state index contributed by atoms with van der Waals surface area (Å²) in [6.07, 6.45) is 0. The molecule has 0 bridgehead atoms. The molecular weight excluding hydrogens is 335 g/mol. The van der Waals surface area contributed by atoms with Crippen LogP contribution in [0.25, 0.3) is 0 Å². The molecule has 2 aromatic carbocycles. The van der Waals surface area contributed by atoms with Crippen molar-refractivity contribution in [1.82, 2.24) is 0 Å². The molecule has 0 saturated heterocycles. The van der Waals surface area contributed by atoms with E-state index in [-0.39, 0.29) is 31.9 Å². The van der Waals surface area contributed by atoms with Crippen LogP contribution in [0.3, 0.4) is 0 Å². The molecule has 0 unspecified atom stereocenters. The number of sulfonamides is 1. The predicted octanol–water partition coefficient (Wildman–Crippen LogP) is 3.37. The maximum atomic E-state index is 12.2. The summed E-state index contributed by atoms with van der Waals surface area (Å²) in [6, 6.07) is 9.51. The second-order valence-corrected chi connectivity index (χ2v) is 6.55. The number of benzene rings is 2. The number of hydrogen-bond donors (Lipinski definition) is 2. The van der Waals surface area contributed by atoms with Gasteiger partial charge in [-0.15, -0.1) is 0 Å². The maximum Gasteiger partial charge on any atom is 0.262 e. The molecule has 0 aliphatic heterocycles. The molecule has 2 N–H and O–H groups in total. The number of nitrogens with zero attached hydrogens (tertiary/aromatic N) is 1. The van der Waals surface area contributed by atoms with Gasteiger partial charge >= 0.3 is 0 Å². The zero-order valence-electron chi connectivity index (χ0n) is 10.3. The van der Waals surface area contributed by atoms with E-state index in [4.69, 9.17) is 28.5 Å². The van der Waals surface area contributed by atoms with Crippen molar-refractivity contribution in [3.8, 4) is 11.8 Å². The van der Waals surface area contributed by atoms with E-state index < -0.39 is 10.0 Å². The smallest absolute Gasteiger partial charge is 0.262 e. The average molecular weight is 343 g/mol. The molecule has 0 aliphatic rings. The molecule has 8 heteroatoms. The molecule has 5 nitrogen and oxygen atoms in total. The summed E-state index contributed by atoms with van der Waals surface area (Å²) < 4.78 is 26.6. The first kappa shape index (κ1) is 15.4. The molecule has 0 spiro atoms. The van der Waals surface area contributed by atoms with Gasteiger partial charge in [-0.1, -0.05) is 23.2 Å². The minimum absolute atomic E-state index is 0.0238. The van der Waals surface area contributed by atoms with Crippen molar-refractivity contribution in [2.24, 2.45) is 0 Å². The normalized spacial score (nSPS) is 10.9. The highest BCUT2D eigenvalue weighted by atomic mass is 35.5. The summed E-state index contributed by atoms with van der Waals surface area (Å²) in [4.78, 5) is -0.133. The Bertz CT molecular complexity index is 845. The molecule has 2 rings (SSSR count). The summed E-state index contributed by atoms with van der Waals surface area (Å²) in [5, 5.41) is 18.7. The standard InChI is InChI=1S/C13H8Cl2N2O3S/c14-9-2-4-13(18)12(5-9)17-21(19,20)10-3-1-8(7-16)11(15)6-10/h1-6,17-18H. The van der Waals surface area contributed by atoms with Crippen LogP contribution in [-0.4, -0.2) is 13.5 Å². The molecular formula is C13H8Cl2N2O3S. The van der Waals surface area contributed by atoms with Gasteiger partial charge in [0.25, 0.3) is 10.0 Å². The first-order valence-electron chi connectivity index (χ1n) is 5.54. The van der Waals surface area contributed by atoms with Crippen LogP contribution < -0.4 is 4.72 Å². The van der Waals surface area contributed by atoms with Gasteiger partial charge in [0.15, 0.2) is 0 Å². The van der Waals surface area contributed by atoms with Gasteiger partial charge < -0.3 is 5.11 Å². The van der Waals surface area contributed by atoms with Gasteiger partial charge in [0.1, 0.15) is 11.8 Å². The van der Waals surface area contributed by atoms with E-state index in [0.29, 0.717) is 0 Å². The molecule has 0 radical (unpaired) electrons. The largest absolute Gasteiger partial charge is 0.506 e. The Morgan fingerprint density at radius 3 is 2.48 bits per heavy atom. The lowest BCUT2D eigenvalue weighted by molar-refractivity contribution is 0.477. The van der Waals surface area contributed by atoms with Crippen LogP contribution >= 0.6 is 23.2 Å². The number of phenolic OH excluding ortho intramolecular Hbond substituents is 1. The van der Waals surface area contributed by atoms with Crippen molar-refractivity contribution < 1.29 is 13.5 Å². The lowest BCUT2D eigenvalue weighted by Gasteiger charge is -2.10. The SMILES string of the molecule is N#Cc1ccc(S(=O)(=O)Nc2cc(Cl)ccc2O)cc1Cl. The fourth-order valence-corrected chi connectivity index (χ4v) is 3.10. The third kappa shape index (κ3) is 3.39. The Kier molecular flexibility index (Phi) is 4.28. The van der Waals surface area contributed by atoms with Crippen LogP contribution in [0.2, 0.25) is 10.0 Å². The van der Waals surface area contributed by atoms with Gasteiger partial charge in [-0.2, -0.15) is 5.26 Å². The average Bonchev–Trinajstić information content (AvgIpc) is 2.42. The fourth-order valence-electron chi connectivity index (χ4n) is 1.55. The zero-order valence-corrected chi connectivity index (χ0v) is 12.7. The topological polar surface area (TPSA) is 90.2 Å². The van der Waals surface area contributed by atoms with Crippen molar-refractivity contribution >= 4 is 38.9 Å². The highest BCUT2D eigenvalue weighted by molar-refractivity contribution is 7.92. The van der Waals surface area contributed by atoms with E-state index in [1.54, 1.807) is 0 Å². The number of nitriles is 1. The molecule has 2 aromatic rings. The van der Waals surface area contributed by atoms with Crippen molar-refractivity contribution in [3.05, 3.63) is 52.0 Å². The monoisotopic (exact) mass is 342 g/mol. The van der Waals surface area contributed by atoms with E-state index in [9.17, 15) is 13.5 Å². The first-order chi connectivity index (χ1) is 9.83. The van der Waals surface area contributed by atoms with Crippen molar-refractivity contribution in [3.63, 3.8) is 0 Å². The van der Waals surface area contributed by atoms with Gasteiger partial charge in [-0.25, -0.2) is 8.42 Å². The molecule has 0 aliphatic carbocycles. The molecule has 0 fully saturated rings. The Morgan fingerprint density at radius 2 is 1.86 bits per heavy atom. The van der Waals surface area contributed by atoms with E-state index in [1.807, 2.05) is 6.07 Å². The number of hydrogen-bond acceptors (Lipinski definition) is 4. The third-order valence-corrected chi connectivity index (χ3v) is 4.49. The van der Waals surface area contributed by atoms with Gasteiger partial charge in [0.2, 0.25) is 0 Å². The summed E-state index contributed by atoms with van der Waals surface area (Å²) in [7, 11) is -3.96. The summed E-state index contributed by atoms with van der Waals surface area (Å²) in [6.45, 7) is 0. The Morgan fingerprint density at radius 1 is 1.14 bits per heavy atom. The van der Waals surface area contributed by atoms with E-state index in [1.165, 1.54) is 30.3 Å². The highest BCUT2D eigenvalue weighted by Gasteiger charge is 2.17. The molecule has 0 atom stereocenters. The molecule has 0 heterocycles. The molecule has 0 saturated carbocycles. The third-order valence-electron chi connectivity index (χ3n) is 2.57. The van der Waals surface area contributed by atoms with Gasteiger partial charge in [0.05, 0.1) is 21.2 Å². The Hall–Kier alpha value is -1.94. The summed E-state index contributed by atoms with van der Waals surface area (Å²) >= 11 is 11.6. The van der Waals surface area contributed by atoms with Crippen LogP contribution in [0.4, 0.5) is 5.69 Å². The number of nitrogens with one attached hydrogen (secondary N) is 1. The van der Waals surface area contributed by atoms with Crippen molar-refractivity contribution in [2.45, 2.75) is 4.90 Å². The van der Waals surface area contributed by atoms with Crippen LogP contribution in [0.5, 0.6) is 5.75 Å². The van der Waals surface area contributed by atoms with Crippen LogP contribution in [0.1, 0.15) is 5.56 Å². The predicted molar refractivity (Wildman–Crippen MR) is 80.1 cm³/mol. The quantitative estimate of drug-likeness (QED) is 0.836. The van der Waals surface area contributed by atoms with E-state index in [0.717, 1.165) is 6.07 Å². The molecule has 0 amide bonds. The number of aromatic hydroxyl groups is 1. The second kappa shape index (κ2) is 5.82. The lowest BCUT2D eigenvalue weighted by Crippen LogP contribution is -2.13. The number of anilines is 1. The van der Waals surface area contributed by atoms with Gasteiger partial charge in [-0.05, 0) is 36.4 Å². The summed E-state index contributed by atoms with van der Waals surface area (Å²) in [5.41, 5.74) is 0.115. The minimum Gasteiger partial charge on any atom is -0.506 e. The summed E-state index contributed by atoms with van der Waals surface area (Å²) in [5.74, 6) is -0.261. The van der Waals surface area contributed by atoms with Crippen LogP contribution in [-0.2, 0) is 10.0 Å². The highest BCUT2D eigenvalue weighted by Crippen LogP contribution is 2.29. The lowest BCUT2D eigenvalue weighted by atomic mass is 10.2. The van der Waals surface area contributed by atoms with Crippen LogP contribution in [0, 0.1) is 11.3 Å². The number of phenols is 1. The zero-order chi connectivity index (χ0) is 15.6. The second-order valence-electron chi connectivity index (χ2n) is 4.02. The first-order valence-corrected chi connectivity index (χ1v) is 7.78. The van der Waals surface area contributed by atoms with Crippen molar-refractivity contribution in [2.75, 3.05) is 4.72 Å². The maximum absolute atomic E-state index is 12.2. The Labute approximate surface area is 131 Å². The minimum atomic E-state index is -3.96. The fraction of sp³-hybridized carbons (Fsp3) is 0. The number of halogens is 2. The number of rotatable bonds is 3.